The highest BCUT2D eigenvalue weighted by atomic mass is 16.5. The number of hydrogen-bond acceptors (Lipinski definition) is 4. The lowest BCUT2D eigenvalue weighted by molar-refractivity contribution is 0.0986. The third-order valence-corrected chi connectivity index (χ3v) is 2.95. The summed E-state index contributed by atoms with van der Waals surface area (Å²) in [5, 5.41) is 13.3. The molecular formula is C14H16N2O3. The minimum atomic E-state index is -0.177. The van der Waals surface area contributed by atoms with Crippen molar-refractivity contribution in [3.8, 4) is 5.75 Å². The van der Waals surface area contributed by atoms with Gasteiger partial charge in [0.25, 0.3) is 5.91 Å². The van der Waals surface area contributed by atoms with Gasteiger partial charge in [-0.15, -0.1) is 0 Å². The summed E-state index contributed by atoms with van der Waals surface area (Å²) < 4.78 is 5.02. The van der Waals surface area contributed by atoms with E-state index in [0.717, 1.165) is 0 Å². The molecule has 0 unspecified atom stereocenters. The normalized spacial score (nSPS) is 10.5. The van der Waals surface area contributed by atoms with E-state index in [4.69, 9.17) is 4.52 Å². The molecule has 0 aliphatic heterocycles. The van der Waals surface area contributed by atoms with Gasteiger partial charge in [0.15, 0.2) is 0 Å². The number of benzene rings is 1. The maximum atomic E-state index is 12.5. The van der Waals surface area contributed by atoms with E-state index in [0.29, 0.717) is 29.2 Å². The number of aromatic nitrogens is 1. The number of carbonyl (C=O) groups is 1. The van der Waals surface area contributed by atoms with Crippen molar-refractivity contribution in [3.05, 3.63) is 41.3 Å². The fraction of sp³-hybridized carbons (Fsp3) is 0.286. The summed E-state index contributed by atoms with van der Waals surface area (Å²) in [5.74, 6) is 0.452. The topological polar surface area (TPSA) is 66.6 Å². The van der Waals surface area contributed by atoms with Gasteiger partial charge in [-0.3, -0.25) is 4.79 Å². The second kappa shape index (κ2) is 5.14. The van der Waals surface area contributed by atoms with Crippen LogP contribution < -0.4 is 4.90 Å². The van der Waals surface area contributed by atoms with E-state index in [9.17, 15) is 9.90 Å². The van der Waals surface area contributed by atoms with Crippen molar-refractivity contribution in [2.75, 3.05) is 11.4 Å². The van der Waals surface area contributed by atoms with Crippen LogP contribution in [0.2, 0.25) is 0 Å². The van der Waals surface area contributed by atoms with Crippen LogP contribution >= 0.6 is 0 Å². The van der Waals surface area contributed by atoms with E-state index in [1.807, 2.05) is 6.92 Å². The Morgan fingerprint density at radius 3 is 2.68 bits per heavy atom. The molecule has 19 heavy (non-hydrogen) atoms. The molecule has 1 N–H and O–H groups in total. The Balaban J connectivity index is 2.40. The van der Waals surface area contributed by atoms with Crippen LogP contribution in [0.4, 0.5) is 5.69 Å². The number of rotatable bonds is 3. The molecule has 0 fully saturated rings. The van der Waals surface area contributed by atoms with E-state index in [1.54, 1.807) is 43.0 Å². The largest absolute Gasteiger partial charge is 0.508 e. The highest BCUT2D eigenvalue weighted by molar-refractivity contribution is 6.07. The zero-order valence-electron chi connectivity index (χ0n) is 11.2. The Hall–Kier alpha value is -2.30. The van der Waals surface area contributed by atoms with Gasteiger partial charge >= 0.3 is 0 Å². The Morgan fingerprint density at radius 1 is 1.42 bits per heavy atom. The Bertz CT molecular complexity index is 585. The lowest BCUT2D eigenvalue weighted by Gasteiger charge is -2.21. The van der Waals surface area contributed by atoms with Crippen LogP contribution in [0.5, 0.6) is 5.75 Å². The Morgan fingerprint density at radius 2 is 2.16 bits per heavy atom. The van der Waals surface area contributed by atoms with E-state index < -0.39 is 0 Å². The van der Waals surface area contributed by atoms with E-state index in [2.05, 4.69) is 5.16 Å². The first-order chi connectivity index (χ1) is 9.04. The average molecular weight is 260 g/mol. The quantitative estimate of drug-likeness (QED) is 0.921. The van der Waals surface area contributed by atoms with Crippen molar-refractivity contribution in [1.29, 1.82) is 0 Å². The molecule has 1 heterocycles. The summed E-state index contributed by atoms with van der Waals surface area (Å²) >= 11 is 0. The molecule has 1 aromatic heterocycles. The number of aromatic hydroxyl groups is 1. The molecule has 2 aromatic rings. The van der Waals surface area contributed by atoms with E-state index in [-0.39, 0.29) is 11.7 Å². The van der Waals surface area contributed by atoms with Crippen molar-refractivity contribution in [2.24, 2.45) is 0 Å². The van der Waals surface area contributed by atoms with Crippen molar-refractivity contribution in [1.82, 2.24) is 5.16 Å². The van der Waals surface area contributed by atoms with E-state index in [1.165, 1.54) is 0 Å². The third kappa shape index (κ3) is 2.45. The summed E-state index contributed by atoms with van der Waals surface area (Å²) in [6.07, 6.45) is 0. The van der Waals surface area contributed by atoms with Gasteiger partial charge in [0.1, 0.15) is 17.1 Å². The van der Waals surface area contributed by atoms with E-state index >= 15 is 0 Å². The van der Waals surface area contributed by atoms with Gasteiger partial charge in [-0.25, -0.2) is 0 Å². The molecule has 1 aromatic carbocycles. The number of aryl methyl sites for hydroxylation is 2. The molecule has 100 valence electrons. The molecule has 2 rings (SSSR count). The monoisotopic (exact) mass is 260 g/mol. The number of hydrogen-bond donors (Lipinski definition) is 1. The van der Waals surface area contributed by atoms with Crippen LogP contribution in [0.15, 0.2) is 28.8 Å². The molecule has 0 saturated heterocycles. The summed E-state index contributed by atoms with van der Waals surface area (Å²) in [6.45, 7) is 5.82. The second-order valence-corrected chi connectivity index (χ2v) is 4.27. The molecule has 0 radical (unpaired) electrons. The van der Waals surface area contributed by atoms with Crippen LogP contribution in [0.25, 0.3) is 0 Å². The predicted octanol–water partition coefficient (Wildman–Crippen LogP) is 2.66. The number of phenolic OH excluding ortho intramolecular Hbond substituents is 1. The van der Waals surface area contributed by atoms with Gasteiger partial charge in [0, 0.05) is 18.3 Å². The van der Waals surface area contributed by atoms with Crippen molar-refractivity contribution >= 4 is 11.6 Å². The first-order valence-electron chi connectivity index (χ1n) is 6.08. The smallest absolute Gasteiger partial charge is 0.263 e. The number of anilines is 1. The highest BCUT2D eigenvalue weighted by Crippen LogP contribution is 2.23. The lowest BCUT2D eigenvalue weighted by atomic mass is 10.1. The molecule has 0 aliphatic carbocycles. The number of amides is 1. The number of phenols is 1. The van der Waals surface area contributed by atoms with Crippen LogP contribution in [0.1, 0.15) is 28.7 Å². The number of nitrogens with zero attached hydrogens (tertiary/aromatic N) is 2. The molecular weight excluding hydrogens is 244 g/mol. The van der Waals surface area contributed by atoms with Crippen molar-refractivity contribution in [3.63, 3.8) is 0 Å². The van der Waals surface area contributed by atoms with Crippen LogP contribution in [-0.4, -0.2) is 22.7 Å². The SMILES string of the molecule is CCN(C(=O)c1c(C)noc1C)c1cccc(O)c1. The molecule has 5 nitrogen and oxygen atoms in total. The molecule has 0 spiro atoms. The summed E-state index contributed by atoms with van der Waals surface area (Å²) in [4.78, 5) is 14.1. The van der Waals surface area contributed by atoms with Gasteiger partial charge in [-0.05, 0) is 32.9 Å². The third-order valence-electron chi connectivity index (χ3n) is 2.95. The van der Waals surface area contributed by atoms with Crippen LogP contribution in [-0.2, 0) is 0 Å². The van der Waals surface area contributed by atoms with Gasteiger partial charge in [0.2, 0.25) is 0 Å². The average Bonchev–Trinajstić information content (AvgIpc) is 2.70. The zero-order valence-corrected chi connectivity index (χ0v) is 11.2. The predicted molar refractivity (Wildman–Crippen MR) is 71.4 cm³/mol. The highest BCUT2D eigenvalue weighted by Gasteiger charge is 2.23. The maximum Gasteiger partial charge on any atom is 0.263 e. The van der Waals surface area contributed by atoms with Crippen LogP contribution in [0.3, 0.4) is 0 Å². The summed E-state index contributed by atoms with van der Waals surface area (Å²) in [7, 11) is 0. The molecule has 5 heteroatoms. The van der Waals surface area contributed by atoms with Gasteiger partial charge in [-0.2, -0.15) is 0 Å². The first kappa shape index (κ1) is 13.1. The minimum absolute atomic E-state index is 0.127. The van der Waals surface area contributed by atoms with Gasteiger partial charge in [0.05, 0.1) is 5.69 Å². The van der Waals surface area contributed by atoms with Crippen molar-refractivity contribution < 1.29 is 14.4 Å². The Labute approximate surface area is 111 Å². The standard InChI is InChI=1S/C14H16N2O3/c1-4-16(11-6-5-7-12(17)8-11)14(18)13-9(2)15-19-10(13)3/h5-8,17H,4H2,1-3H3. The molecule has 0 saturated carbocycles. The zero-order chi connectivity index (χ0) is 14.0. The van der Waals surface area contributed by atoms with Gasteiger partial charge < -0.3 is 14.5 Å². The van der Waals surface area contributed by atoms with Crippen LogP contribution in [0, 0.1) is 13.8 Å². The Kier molecular flexibility index (Phi) is 3.55. The molecule has 1 amide bonds. The fourth-order valence-electron chi connectivity index (χ4n) is 2.03. The van der Waals surface area contributed by atoms with Gasteiger partial charge in [-0.1, -0.05) is 11.2 Å². The number of carbonyl (C=O) groups excluding carboxylic acids is 1. The minimum Gasteiger partial charge on any atom is -0.508 e. The summed E-state index contributed by atoms with van der Waals surface area (Å²) in [5.41, 5.74) is 1.69. The molecule has 0 bridgehead atoms. The summed E-state index contributed by atoms with van der Waals surface area (Å²) in [6, 6.07) is 6.60. The maximum absolute atomic E-state index is 12.5. The van der Waals surface area contributed by atoms with Crippen molar-refractivity contribution in [2.45, 2.75) is 20.8 Å². The first-order valence-corrected chi connectivity index (χ1v) is 6.08. The second-order valence-electron chi connectivity index (χ2n) is 4.27. The lowest BCUT2D eigenvalue weighted by Crippen LogP contribution is -2.31. The molecule has 0 aliphatic rings. The fourth-order valence-corrected chi connectivity index (χ4v) is 2.03. The molecule has 0 atom stereocenters.